The molecule has 138 valence electrons. The van der Waals surface area contributed by atoms with Crippen LogP contribution < -0.4 is 5.32 Å². The molecule has 0 aliphatic carbocycles. The normalized spacial score (nSPS) is 15.3. The number of halogens is 1. The van der Waals surface area contributed by atoms with Gasteiger partial charge in [0.2, 0.25) is 16.0 Å². The van der Waals surface area contributed by atoms with Crippen LogP contribution in [0.15, 0.2) is 65.8 Å². The molecule has 0 unspecified atom stereocenters. The molecule has 9 heteroatoms. The van der Waals surface area contributed by atoms with E-state index in [1.807, 2.05) is 12.1 Å². The third-order valence-corrected chi connectivity index (χ3v) is 6.15. The van der Waals surface area contributed by atoms with Gasteiger partial charge in [-0.2, -0.15) is 4.31 Å². The number of pyridine rings is 1. The van der Waals surface area contributed by atoms with Crippen LogP contribution in [0.3, 0.4) is 0 Å². The lowest BCUT2D eigenvalue weighted by atomic mass is 9.99. The van der Waals surface area contributed by atoms with Crippen molar-refractivity contribution >= 4 is 21.8 Å². The highest BCUT2D eigenvalue weighted by atomic mass is 32.2. The Labute approximate surface area is 156 Å². The number of sulfonamides is 1. The largest absolute Gasteiger partial charge is 0.309 e. The lowest BCUT2D eigenvalue weighted by molar-refractivity contribution is 0.260. The first-order chi connectivity index (χ1) is 13.0. The van der Waals surface area contributed by atoms with E-state index in [-0.39, 0.29) is 10.8 Å². The van der Waals surface area contributed by atoms with Gasteiger partial charge in [-0.3, -0.25) is 0 Å². The molecule has 1 N–H and O–H groups in total. The first-order valence-electron chi connectivity index (χ1n) is 8.29. The van der Waals surface area contributed by atoms with Crippen molar-refractivity contribution in [3.63, 3.8) is 0 Å². The summed E-state index contributed by atoms with van der Waals surface area (Å²) in [6.45, 7) is 0.638. The van der Waals surface area contributed by atoms with Gasteiger partial charge < -0.3 is 5.32 Å². The summed E-state index contributed by atoms with van der Waals surface area (Å²) in [5, 5.41) is 3.02. The SMILES string of the molecule is O=S(=O)(c1ccc(F)cc1)N1CC(c2ccnc(Nc3ccccn3)n2)C1. The predicted molar refractivity (Wildman–Crippen MR) is 97.5 cm³/mol. The van der Waals surface area contributed by atoms with E-state index in [1.165, 1.54) is 16.4 Å². The Morgan fingerprint density at radius 1 is 1.00 bits per heavy atom. The number of aromatic nitrogens is 3. The van der Waals surface area contributed by atoms with Gasteiger partial charge in [0.25, 0.3) is 0 Å². The fraction of sp³-hybridized carbons (Fsp3) is 0.167. The van der Waals surface area contributed by atoms with Crippen molar-refractivity contribution < 1.29 is 12.8 Å². The van der Waals surface area contributed by atoms with Gasteiger partial charge in [-0.1, -0.05) is 6.07 Å². The summed E-state index contributed by atoms with van der Waals surface area (Å²) in [5.41, 5.74) is 0.758. The van der Waals surface area contributed by atoms with Crippen molar-refractivity contribution in [1.82, 2.24) is 19.3 Å². The maximum atomic E-state index is 13.0. The van der Waals surface area contributed by atoms with Crippen molar-refractivity contribution in [2.75, 3.05) is 18.4 Å². The van der Waals surface area contributed by atoms with Gasteiger partial charge in [0.05, 0.1) is 10.6 Å². The van der Waals surface area contributed by atoms with Crippen molar-refractivity contribution in [3.05, 3.63) is 72.4 Å². The van der Waals surface area contributed by atoms with Crippen LogP contribution in [0, 0.1) is 5.82 Å². The van der Waals surface area contributed by atoms with E-state index in [9.17, 15) is 12.8 Å². The number of hydrogen-bond donors (Lipinski definition) is 1. The zero-order valence-electron chi connectivity index (χ0n) is 14.2. The minimum Gasteiger partial charge on any atom is -0.309 e. The zero-order chi connectivity index (χ0) is 18.9. The maximum absolute atomic E-state index is 13.0. The lowest BCUT2D eigenvalue weighted by Crippen LogP contribution is -2.48. The standard InChI is InChI=1S/C18H16FN5O2S/c19-14-4-6-15(7-5-14)27(25,26)24-11-13(12-24)16-8-10-21-18(22-16)23-17-3-1-2-9-20-17/h1-10,13H,11-12H2,(H,20,21,22,23). The highest BCUT2D eigenvalue weighted by molar-refractivity contribution is 7.89. The number of rotatable bonds is 5. The molecule has 1 saturated heterocycles. The molecule has 0 bridgehead atoms. The molecule has 1 aliphatic rings. The van der Waals surface area contributed by atoms with Crippen molar-refractivity contribution in [2.45, 2.75) is 10.8 Å². The minimum atomic E-state index is -3.62. The van der Waals surface area contributed by atoms with Gasteiger partial charge in [-0.05, 0) is 42.5 Å². The summed E-state index contributed by atoms with van der Waals surface area (Å²) < 4.78 is 39.5. The number of benzene rings is 1. The van der Waals surface area contributed by atoms with Gasteiger partial charge in [0.1, 0.15) is 11.6 Å². The minimum absolute atomic E-state index is 0.0208. The molecule has 0 saturated carbocycles. The molecule has 1 aromatic carbocycles. The molecule has 1 aliphatic heterocycles. The van der Waals surface area contributed by atoms with Crippen LogP contribution in [0.25, 0.3) is 0 Å². The number of nitrogens with zero attached hydrogens (tertiary/aromatic N) is 4. The number of anilines is 2. The Morgan fingerprint density at radius 2 is 1.78 bits per heavy atom. The van der Waals surface area contributed by atoms with E-state index in [0.29, 0.717) is 24.9 Å². The number of hydrogen-bond acceptors (Lipinski definition) is 6. The lowest BCUT2D eigenvalue weighted by Gasteiger charge is -2.37. The average molecular weight is 385 g/mol. The second-order valence-corrected chi connectivity index (χ2v) is 8.06. The smallest absolute Gasteiger partial charge is 0.243 e. The monoisotopic (exact) mass is 385 g/mol. The Balaban J connectivity index is 1.45. The molecule has 0 radical (unpaired) electrons. The van der Waals surface area contributed by atoms with E-state index in [4.69, 9.17) is 0 Å². The first kappa shape index (κ1) is 17.5. The molecule has 0 atom stereocenters. The van der Waals surface area contributed by atoms with Crippen molar-refractivity contribution in [2.24, 2.45) is 0 Å². The molecule has 27 heavy (non-hydrogen) atoms. The van der Waals surface area contributed by atoms with Crippen LogP contribution in [0.4, 0.5) is 16.2 Å². The second kappa shape index (κ2) is 7.01. The third-order valence-electron chi connectivity index (χ3n) is 4.30. The average Bonchev–Trinajstić information content (AvgIpc) is 2.62. The summed E-state index contributed by atoms with van der Waals surface area (Å²) >= 11 is 0. The van der Waals surface area contributed by atoms with Crippen molar-refractivity contribution in [3.8, 4) is 0 Å². The van der Waals surface area contributed by atoms with E-state index in [2.05, 4.69) is 20.3 Å². The van der Waals surface area contributed by atoms with Crippen molar-refractivity contribution in [1.29, 1.82) is 0 Å². The molecule has 1 fully saturated rings. The fourth-order valence-corrected chi connectivity index (χ4v) is 4.32. The molecular formula is C18H16FN5O2S. The van der Waals surface area contributed by atoms with E-state index in [1.54, 1.807) is 24.5 Å². The van der Waals surface area contributed by atoms with Crippen LogP contribution in [-0.2, 0) is 10.0 Å². The van der Waals surface area contributed by atoms with Crippen LogP contribution in [-0.4, -0.2) is 40.8 Å². The Morgan fingerprint density at radius 3 is 2.48 bits per heavy atom. The zero-order valence-corrected chi connectivity index (χ0v) is 15.0. The Kier molecular flexibility index (Phi) is 4.54. The molecule has 2 aromatic heterocycles. The Bertz CT molecular complexity index is 1040. The van der Waals surface area contributed by atoms with Crippen LogP contribution in [0.5, 0.6) is 0 Å². The fourth-order valence-electron chi connectivity index (χ4n) is 2.79. The second-order valence-electron chi connectivity index (χ2n) is 6.12. The molecule has 3 heterocycles. The van der Waals surface area contributed by atoms with E-state index in [0.717, 1.165) is 17.8 Å². The summed E-state index contributed by atoms with van der Waals surface area (Å²) in [5.74, 6) is 0.548. The third kappa shape index (κ3) is 3.64. The molecule has 3 aromatic rings. The molecule has 4 rings (SSSR count). The maximum Gasteiger partial charge on any atom is 0.243 e. The van der Waals surface area contributed by atoms with Crippen LogP contribution in [0.2, 0.25) is 0 Å². The van der Waals surface area contributed by atoms with Gasteiger partial charge in [0.15, 0.2) is 0 Å². The molecule has 7 nitrogen and oxygen atoms in total. The van der Waals surface area contributed by atoms with Crippen LogP contribution in [0.1, 0.15) is 11.6 Å². The summed E-state index contributed by atoms with van der Waals surface area (Å²) in [6, 6.07) is 12.1. The highest BCUT2D eigenvalue weighted by Crippen LogP contribution is 2.31. The number of nitrogens with one attached hydrogen (secondary N) is 1. The van der Waals surface area contributed by atoms with Gasteiger partial charge in [0, 0.05) is 31.4 Å². The van der Waals surface area contributed by atoms with Gasteiger partial charge >= 0.3 is 0 Å². The predicted octanol–water partition coefficient (Wildman–Crippen LogP) is 2.54. The summed E-state index contributed by atoms with van der Waals surface area (Å²) in [7, 11) is -3.62. The highest BCUT2D eigenvalue weighted by Gasteiger charge is 2.38. The van der Waals surface area contributed by atoms with Gasteiger partial charge in [-0.25, -0.2) is 27.8 Å². The summed E-state index contributed by atoms with van der Waals surface area (Å²) in [4.78, 5) is 12.9. The van der Waals surface area contributed by atoms with Crippen LogP contribution >= 0.6 is 0 Å². The van der Waals surface area contributed by atoms with E-state index < -0.39 is 15.8 Å². The molecule has 0 spiro atoms. The first-order valence-corrected chi connectivity index (χ1v) is 9.73. The summed E-state index contributed by atoms with van der Waals surface area (Å²) in [6.07, 6.45) is 3.29. The van der Waals surface area contributed by atoms with Gasteiger partial charge in [-0.15, -0.1) is 0 Å². The quantitative estimate of drug-likeness (QED) is 0.726. The Hall–Kier alpha value is -2.91. The van der Waals surface area contributed by atoms with E-state index >= 15 is 0 Å². The topological polar surface area (TPSA) is 88.1 Å². The molecular weight excluding hydrogens is 369 g/mol. The molecule has 0 amide bonds.